The van der Waals surface area contributed by atoms with Crippen LogP contribution in [0.25, 0.3) is 0 Å². The van der Waals surface area contributed by atoms with E-state index >= 15 is 0 Å². The van der Waals surface area contributed by atoms with Gasteiger partial charge in [0.2, 0.25) is 11.8 Å². The van der Waals surface area contributed by atoms with Crippen LogP contribution in [0.15, 0.2) is 53.5 Å². The van der Waals surface area contributed by atoms with E-state index in [1.54, 1.807) is 31.2 Å². The number of ether oxygens (including phenoxy) is 1. The number of methoxy groups -OCH3 is 1. The molecule has 1 aliphatic rings. The minimum absolute atomic E-state index is 0.0503. The number of thioether (sulfide) groups is 1. The molecule has 1 N–H and O–H groups in total. The number of hydrogen-bond donors (Lipinski definition) is 1. The number of nitrogens with zero attached hydrogens (tertiary/aromatic N) is 2. The molecule has 0 bridgehead atoms. The lowest BCUT2D eigenvalue weighted by Gasteiger charge is -2.31. The third-order valence-electron chi connectivity index (χ3n) is 4.51. The van der Waals surface area contributed by atoms with Crippen LogP contribution in [0.3, 0.4) is 0 Å². The second-order valence-corrected chi connectivity index (χ2v) is 7.75. The van der Waals surface area contributed by atoms with E-state index in [2.05, 4.69) is 10.3 Å². The summed E-state index contributed by atoms with van der Waals surface area (Å²) in [7, 11) is 1.48. The van der Waals surface area contributed by atoms with E-state index in [1.165, 1.54) is 24.1 Å². The first kappa shape index (κ1) is 22.7. The van der Waals surface area contributed by atoms with Gasteiger partial charge in [0.15, 0.2) is 5.17 Å². The fraction of sp³-hybridized carbons (Fsp3) is 0.286. The molecule has 0 spiro atoms. The first-order chi connectivity index (χ1) is 14.7. The summed E-state index contributed by atoms with van der Waals surface area (Å²) in [5, 5.41) is 2.13. The van der Waals surface area contributed by atoms with E-state index < -0.39 is 22.9 Å². The summed E-state index contributed by atoms with van der Waals surface area (Å²) in [5.41, 5.74) is -0.332. The van der Waals surface area contributed by atoms with E-state index in [9.17, 15) is 22.8 Å². The number of halogens is 3. The number of hydrogen-bond acceptors (Lipinski definition) is 5. The Labute approximate surface area is 181 Å². The van der Waals surface area contributed by atoms with E-state index in [0.717, 1.165) is 23.9 Å². The van der Waals surface area contributed by atoms with Gasteiger partial charge in [0, 0.05) is 13.0 Å². The van der Waals surface area contributed by atoms with Gasteiger partial charge < -0.3 is 10.1 Å². The third kappa shape index (κ3) is 5.38. The molecule has 1 aliphatic heterocycles. The van der Waals surface area contributed by atoms with Crippen LogP contribution in [-0.4, -0.2) is 40.8 Å². The van der Waals surface area contributed by atoms with Gasteiger partial charge in [-0.3, -0.25) is 14.5 Å². The number of carbonyl (C=O) groups is 2. The highest BCUT2D eigenvalue weighted by molar-refractivity contribution is 8.15. The number of alkyl halides is 3. The Kier molecular flexibility index (Phi) is 6.89. The molecule has 1 fully saturated rings. The molecule has 2 amide bonds. The van der Waals surface area contributed by atoms with E-state index in [0.29, 0.717) is 11.4 Å². The fourth-order valence-electron chi connectivity index (χ4n) is 2.98. The van der Waals surface area contributed by atoms with Crippen molar-refractivity contribution in [3.63, 3.8) is 0 Å². The molecule has 0 aromatic heterocycles. The molecule has 1 atom stereocenters. The first-order valence-electron chi connectivity index (χ1n) is 9.39. The zero-order valence-electron chi connectivity index (χ0n) is 16.8. The summed E-state index contributed by atoms with van der Waals surface area (Å²) in [6, 6.07) is 11.4. The summed E-state index contributed by atoms with van der Waals surface area (Å²) < 4.78 is 44.2. The topological polar surface area (TPSA) is 71.0 Å². The molecular formula is C21H20F3N3O3S. The molecule has 31 heavy (non-hydrogen) atoms. The van der Waals surface area contributed by atoms with E-state index in [-0.39, 0.29) is 29.7 Å². The monoisotopic (exact) mass is 451 g/mol. The molecular weight excluding hydrogens is 431 g/mol. The molecule has 1 heterocycles. The van der Waals surface area contributed by atoms with Crippen LogP contribution in [0.1, 0.15) is 18.9 Å². The Morgan fingerprint density at radius 3 is 2.68 bits per heavy atom. The van der Waals surface area contributed by atoms with Gasteiger partial charge in [-0.05, 0) is 37.3 Å². The predicted molar refractivity (Wildman–Crippen MR) is 114 cm³/mol. The SMILES string of the molecule is CCN1C(=O)C[C@H](C(=O)Nc2ccccc2OC)SC1=Nc1cccc(C(F)(F)F)c1. The van der Waals surface area contributed by atoms with Crippen LogP contribution in [-0.2, 0) is 15.8 Å². The Bertz CT molecular complexity index is 1010. The summed E-state index contributed by atoms with van der Waals surface area (Å²) in [5.74, 6) is -0.279. The second-order valence-electron chi connectivity index (χ2n) is 6.58. The number of benzene rings is 2. The normalized spacial score (nSPS) is 18.2. The van der Waals surface area contributed by atoms with Gasteiger partial charge in [-0.25, -0.2) is 4.99 Å². The minimum Gasteiger partial charge on any atom is -0.495 e. The van der Waals surface area contributed by atoms with Crippen LogP contribution in [0.4, 0.5) is 24.5 Å². The summed E-state index contributed by atoms with van der Waals surface area (Å²) in [4.78, 5) is 31.0. The van der Waals surface area contributed by atoms with Crippen molar-refractivity contribution >= 4 is 40.1 Å². The number of para-hydroxylation sites is 2. The number of nitrogens with one attached hydrogen (secondary N) is 1. The highest BCUT2D eigenvalue weighted by atomic mass is 32.2. The average Bonchev–Trinajstić information content (AvgIpc) is 2.73. The van der Waals surface area contributed by atoms with Crippen molar-refractivity contribution in [2.75, 3.05) is 19.0 Å². The Morgan fingerprint density at radius 1 is 1.26 bits per heavy atom. The van der Waals surface area contributed by atoms with Crippen molar-refractivity contribution in [1.82, 2.24) is 4.90 Å². The van der Waals surface area contributed by atoms with E-state index in [4.69, 9.17) is 4.74 Å². The fourth-order valence-corrected chi connectivity index (χ4v) is 4.14. The van der Waals surface area contributed by atoms with Crippen molar-refractivity contribution in [2.24, 2.45) is 4.99 Å². The van der Waals surface area contributed by atoms with Crippen LogP contribution < -0.4 is 10.1 Å². The lowest BCUT2D eigenvalue weighted by atomic mass is 10.2. The zero-order valence-corrected chi connectivity index (χ0v) is 17.6. The highest BCUT2D eigenvalue weighted by Gasteiger charge is 2.36. The lowest BCUT2D eigenvalue weighted by molar-refractivity contribution is -0.137. The molecule has 1 saturated heterocycles. The van der Waals surface area contributed by atoms with Crippen LogP contribution in [0.5, 0.6) is 5.75 Å². The van der Waals surface area contributed by atoms with E-state index in [1.807, 2.05) is 0 Å². The van der Waals surface area contributed by atoms with Crippen LogP contribution in [0, 0.1) is 0 Å². The molecule has 6 nitrogen and oxygen atoms in total. The van der Waals surface area contributed by atoms with Crippen molar-refractivity contribution in [3.8, 4) is 5.75 Å². The Hall–Kier alpha value is -3.01. The standard InChI is InChI=1S/C21H20F3N3O3S/c1-3-27-18(28)12-17(19(29)26-15-9-4-5-10-16(15)30-2)31-20(27)25-14-8-6-7-13(11-14)21(22,23)24/h4-11,17H,3,12H2,1-2H3,(H,26,29)/t17-/m1/s1. The Balaban J connectivity index is 1.86. The Morgan fingerprint density at radius 2 is 2.00 bits per heavy atom. The van der Waals surface area contributed by atoms with Gasteiger partial charge >= 0.3 is 6.18 Å². The molecule has 3 rings (SSSR count). The minimum atomic E-state index is -4.51. The van der Waals surface area contributed by atoms with Gasteiger partial charge in [0.1, 0.15) is 11.0 Å². The van der Waals surface area contributed by atoms with Crippen molar-refractivity contribution in [2.45, 2.75) is 24.8 Å². The molecule has 0 radical (unpaired) electrons. The summed E-state index contributed by atoms with van der Waals surface area (Å²) in [6.45, 7) is 2.01. The molecule has 10 heteroatoms. The van der Waals surface area contributed by atoms with Crippen LogP contribution in [0.2, 0.25) is 0 Å². The second kappa shape index (κ2) is 9.42. The van der Waals surface area contributed by atoms with Gasteiger partial charge in [-0.2, -0.15) is 13.2 Å². The van der Waals surface area contributed by atoms with Crippen molar-refractivity contribution in [1.29, 1.82) is 0 Å². The van der Waals surface area contributed by atoms with Crippen molar-refractivity contribution < 1.29 is 27.5 Å². The maximum absolute atomic E-state index is 13.0. The molecule has 2 aromatic carbocycles. The molecule has 0 saturated carbocycles. The largest absolute Gasteiger partial charge is 0.495 e. The lowest BCUT2D eigenvalue weighted by Crippen LogP contribution is -2.45. The van der Waals surface area contributed by atoms with Crippen LogP contribution >= 0.6 is 11.8 Å². The zero-order chi connectivity index (χ0) is 22.6. The molecule has 164 valence electrons. The molecule has 0 aliphatic carbocycles. The van der Waals surface area contributed by atoms with Gasteiger partial charge in [0.25, 0.3) is 0 Å². The third-order valence-corrected chi connectivity index (χ3v) is 5.70. The number of amidine groups is 1. The highest BCUT2D eigenvalue weighted by Crippen LogP contribution is 2.34. The molecule has 0 unspecified atom stereocenters. The van der Waals surface area contributed by atoms with Gasteiger partial charge in [0.05, 0.1) is 24.0 Å². The predicted octanol–water partition coefficient (Wildman–Crippen LogP) is 4.69. The number of anilines is 1. The number of aliphatic imine (C=N–C) groups is 1. The number of carbonyl (C=O) groups excluding carboxylic acids is 2. The molecule has 2 aromatic rings. The maximum Gasteiger partial charge on any atom is 0.416 e. The summed E-state index contributed by atoms with van der Waals surface area (Å²) in [6.07, 6.45) is -4.56. The van der Waals surface area contributed by atoms with Crippen molar-refractivity contribution in [3.05, 3.63) is 54.1 Å². The summed E-state index contributed by atoms with van der Waals surface area (Å²) >= 11 is 1.04. The number of rotatable bonds is 5. The maximum atomic E-state index is 13.0. The number of amides is 2. The van der Waals surface area contributed by atoms with Gasteiger partial charge in [-0.15, -0.1) is 0 Å². The average molecular weight is 451 g/mol. The smallest absolute Gasteiger partial charge is 0.416 e. The first-order valence-corrected chi connectivity index (χ1v) is 10.3. The van der Waals surface area contributed by atoms with Gasteiger partial charge in [-0.1, -0.05) is 30.0 Å². The quantitative estimate of drug-likeness (QED) is 0.716.